The van der Waals surface area contributed by atoms with E-state index in [0.717, 1.165) is 17.9 Å². The molecule has 20 heavy (non-hydrogen) atoms. The number of aromatic nitrogens is 1. The Balaban J connectivity index is 1.39. The van der Waals surface area contributed by atoms with E-state index in [2.05, 4.69) is 5.16 Å². The van der Waals surface area contributed by atoms with Crippen LogP contribution in [0.1, 0.15) is 12.1 Å². The van der Waals surface area contributed by atoms with Crippen molar-refractivity contribution in [2.24, 2.45) is 0 Å². The Bertz CT molecular complexity index is 444. The summed E-state index contributed by atoms with van der Waals surface area (Å²) >= 11 is 0. The maximum absolute atomic E-state index is 5.51. The fraction of sp³-hybridized carbons (Fsp3) is 0.400. The molecule has 5 heteroatoms. The van der Waals surface area contributed by atoms with Crippen LogP contribution in [0.5, 0.6) is 5.75 Å². The largest absolute Gasteiger partial charge is 0.491 e. The topological polar surface area (TPSA) is 53.7 Å². The van der Waals surface area contributed by atoms with Gasteiger partial charge in [-0.05, 0) is 18.6 Å². The molecule has 0 amide bonds. The van der Waals surface area contributed by atoms with E-state index in [1.54, 1.807) is 6.07 Å². The van der Waals surface area contributed by atoms with Crippen LogP contribution < -0.4 is 4.74 Å². The fourth-order valence-corrected chi connectivity index (χ4v) is 1.59. The summed E-state index contributed by atoms with van der Waals surface area (Å²) in [6.45, 7) is 2.93. The molecular formula is C15H19NO4. The van der Waals surface area contributed by atoms with E-state index >= 15 is 0 Å². The molecule has 1 aromatic heterocycles. The lowest BCUT2D eigenvalue weighted by molar-refractivity contribution is 0.0617. The molecule has 0 atom stereocenters. The minimum Gasteiger partial charge on any atom is -0.491 e. The highest BCUT2D eigenvalue weighted by molar-refractivity contribution is 5.20. The zero-order chi connectivity index (χ0) is 13.9. The maximum Gasteiger partial charge on any atom is 0.124 e. The van der Waals surface area contributed by atoms with Crippen LogP contribution in [0.15, 0.2) is 47.2 Å². The van der Waals surface area contributed by atoms with Crippen molar-refractivity contribution in [2.45, 2.75) is 13.0 Å². The summed E-state index contributed by atoms with van der Waals surface area (Å²) in [7, 11) is 0. The summed E-state index contributed by atoms with van der Waals surface area (Å²) < 4.78 is 21.1. The molecule has 0 radical (unpaired) electrons. The number of ether oxygens (including phenoxy) is 3. The Morgan fingerprint density at radius 1 is 0.900 bits per heavy atom. The van der Waals surface area contributed by atoms with Crippen molar-refractivity contribution in [1.29, 1.82) is 0 Å². The summed E-state index contributed by atoms with van der Waals surface area (Å²) in [4.78, 5) is 0. The van der Waals surface area contributed by atoms with E-state index in [4.69, 9.17) is 18.7 Å². The molecule has 2 rings (SSSR count). The van der Waals surface area contributed by atoms with Crippen LogP contribution in [0.4, 0.5) is 0 Å². The van der Waals surface area contributed by atoms with Crippen molar-refractivity contribution in [3.05, 3.63) is 48.4 Å². The van der Waals surface area contributed by atoms with E-state index < -0.39 is 0 Å². The minimum absolute atomic E-state index is 0.480. The molecule has 0 saturated heterocycles. The molecule has 1 heterocycles. The van der Waals surface area contributed by atoms with Crippen molar-refractivity contribution in [1.82, 2.24) is 5.16 Å². The minimum atomic E-state index is 0.480. The van der Waals surface area contributed by atoms with E-state index in [9.17, 15) is 0 Å². The van der Waals surface area contributed by atoms with E-state index in [-0.39, 0.29) is 0 Å². The number of para-hydroxylation sites is 1. The Morgan fingerprint density at radius 2 is 1.75 bits per heavy atom. The van der Waals surface area contributed by atoms with Crippen molar-refractivity contribution < 1.29 is 18.7 Å². The molecule has 0 bridgehead atoms. The van der Waals surface area contributed by atoms with Crippen LogP contribution in [0, 0.1) is 0 Å². The van der Waals surface area contributed by atoms with Gasteiger partial charge in [0, 0.05) is 19.3 Å². The van der Waals surface area contributed by atoms with Gasteiger partial charge < -0.3 is 18.7 Å². The lowest BCUT2D eigenvalue weighted by Crippen LogP contribution is -2.08. The Morgan fingerprint density at radius 3 is 2.55 bits per heavy atom. The second-order valence-corrected chi connectivity index (χ2v) is 4.17. The number of rotatable bonds is 10. The number of benzene rings is 1. The molecule has 1 aromatic carbocycles. The first kappa shape index (κ1) is 14.6. The fourth-order valence-electron chi connectivity index (χ4n) is 1.59. The lowest BCUT2D eigenvalue weighted by Gasteiger charge is -2.07. The van der Waals surface area contributed by atoms with E-state index in [1.807, 2.05) is 30.3 Å². The monoisotopic (exact) mass is 277 g/mol. The van der Waals surface area contributed by atoms with Crippen molar-refractivity contribution in [3.63, 3.8) is 0 Å². The molecule has 0 spiro atoms. The summed E-state index contributed by atoms with van der Waals surface area (Å²) in [5.41, 5.74) is 0.808. The third-order valence-electron chi connectivity index (χ3n) is 2.56. The lowest BCUT2D eigenvalue weighted by atomic mass is 10.3. The Labute approximate surface area is 118 Å². The van der Waals surface area contributed by atoms with Crippen LogP contribution in [0.25, 0.3) is 0 Å². The standard InChI is InChI=1S/C15H19NO4/c1-2-5-15(6-3-1)19-12-11-17-8-4-9-18-13-14-7-10-20-16-14/h1-3,5-7,10H,4,8-9,11-13H2. The van der Waals surface area contributed by atoms with Gasteiger partial charge in [-0.2, -0.15) is 0 Å². The van der Waals surface area contributed by atoms with E-state index in [0.29, 0.717) is 33.0 Å². The van der Waals surface area contributed by atoms with Gasteiger partial charge in [0.05, 0.1) is 13.2 Å². The predicted octanol–water partition coefficient (Wildman–Crippen LogP) is 2.68. The highest BCUT2D eigenvalue weighted by Crippen LogP contribution is 2.07. The van der Waals surface area contributed by atoms with Gasteiger partial charge in [0.2, 0.25) is 0 Å². The highest BCUT2D eigenvalue weighted by atomic mass is 16.5. The van der Waals surface area contributed by atoms with Gasteiger partial charge in [0.1, 0.15) is 24.3 Å². The molecule has 0 saturated carbocycles. The first-order valence-electron chi connectivity index (χ1n) is 6.68. The molecule has 108 valence electrons. The van der Waals surface area contributed by atoms with Gasteiger partial charge in [-0.25, -0.2) is 0 Å². The molecular weight excluding hydrogens is 258 g/mol. The average Bonchev–Trinajstić information content (AvgIpc) is 3.00. The van der Waals surface area contributed by atoms with Gasteiger partial charge in [0.15, 0.2) is 0 Å². The number of nitrogens with zero attached hydrogens (tertiary/aromatic N) is 1. The first-order valence-corrected chi connectivity index (χ1v) is 6.68. The van der Waals surface area contributed by atoms with Crippen LogP contribution >= 0.6 is 0 Å². The number of hydrogen-bond donors (Lipinski definition) is 0. The zero-order valence-corrected chi connectivity index (χ0v) is 11.4. The Hall–Kier alpha value is -1.85. The summed E-state index contributed by atoms with van der Waals surface area (Å²) in [6.07, 6.45) is 2.39. The zero-order valence-electron chi connectivity index (χ0n) is 11.4. The van der Waals surface area contributed by atoms with Crippen LogP contribution in [-0.2, 0) is 16.1 Å². The quantitative estimate of drug-likeness (QED) is 0.625. The maximum atomic E-state index is 5.51. The summed E-state index contributed by atoms with van der Waals surface area (Å²) in [5, 5.41) is 3.76. The van der Waals surface area contributed by atoms with Crippen molar-refractivity contribution >= 4 is 0 Å². The van der Waals surface area contributed by atoms with Crippen molar-refractivity contribution in [2.75, 3.05) is 26.4 Å². The van der Waals surface area contributed by atoms with Gasteiger partial charge in [-0.15, -0.1) is 0 Å². The van der Waals surface area contributed by atoms with Gasteiger partial charge in [0.25, 0.3) is 0 Å². The normalized spacial score (nSPS) is 10.6. The Kier molecular flexibility index (Phi) is 6.64. The summed E-state index contributed by atoms with van der Waals surface area (Å²) in [5.74, 6) is 0.868. The first-order chi connectivity index (χ1) is 9.95. The van der Waals surface area contributed by atoms with E-state index in [1.165, 1.54) is 6.26 Å². The molecule has 2 aromatic rings. The molecule has 5 nitrogen and oxygen atoms in total. The molecule has 0 aliphatic heterocycles. The van der Waals surface area contributed by atoms with Crippen LogP contribution in [0.3, 0.4) is 0 Å². The third-order valence-corrected chi connectivity index (χ3v) is 2.56. The third kappa shape index (κ3) is 5.86. The summed E-state index contributed by atoms with van der Waals surface area (Å²) in [6, 6.07) is 11.5. The molecule has 0 aliphatic rings. The molecule has 0 N–H and O–H groups in total. The second kappa shape index (κ2) is 9.12. The van der Waals surface area contributed by atoms with Gasteiger partial charge in [-0.3, -0.25) is 0 Å². The highest BCUT2D eigenvalue weighted by Gasteiger charge is 1.96. The van der Waals surface area contributed by atoms with Crippen LogP contribution in [-0.4, -0.2) is 31.6 Å². The smallest absolute Gasteiger partial charge is 0.124 e. The molecule has 0 unspecified atom stereocenters. The van der Waals surface area contributed by atoms with Gasteiger partial charge in [-0.1, -0.05) is 23.4 Å². The van der Waals surface area contributed by atoms with Crippen LogP contribution in [0.2, 0.25) is 0 Å². The molecule has 0 fully saturated rings. The number of hydrogen-bond acceptors (Lipinski definition) is 5. The predicted molar refractivity (Wildman–Crippen MR) is 73.5 cm³/mol. The SMILES string of the molecule is c1ccc(OCCOCCCOCc2ccon2)cc1. The van der Waals surface area contributed by atoms with Crippen molar-refractivity contribution in [3.8, 4) is 5.75 Å². The van der Waals surface area contributed by atoms with Gasteiger partial charge >= 0.3 is 0 Å². The second-order valence-electron chi connectivity index (χ2n) is 4.17. The average molecular weight is 277 g/mol. The molecule has 0 aliphatic carbocycles.